The third-order valence-electron chi connectivity index (χ3n) is 3.02. The molecule has 1 aromatic rings. The van der Waals surface area contributed by atoms with Gasteiger partial charge in [-0.3, -0.25) is 0 Å². The fraction of sp³-hybridized carbons (Fsp3) is 0.400. The van der Waals surface area contributed by atoms with E-state index >= 15 is 0 Å². The molecule has 90 valence electrons. The Balaban J connectivity index is 2.03. The predicted molar refractivity (Wildman–Crippen MR) is 71.3 cm³/mol. The molecule has 1 spiro atoms. The molecule has 1 fully saturated rings. The second kappa shape index (κ2) is 3.95. The van der Waals surface area contributed by atoms with Crippen LogP contribution in [0.3, 0.4) is 0 Å². The number of carbonyl (C=O) groups excluding carboxylic acids is 1. The summed E-state index contributed by atoms with van der Waals surface area (Å²) in [6.07, 6.45) is 2.54. The second-order valence-electron chi connectivity index (χ2n) is 4.02. The highest BCUT2D eigenvalue weighted by molar-refractivity contribution is 9.10. The van der Waals surface area contributed by atoms with Crippen molar-refractivity contribution in [3.05, 3.63) is 18.7 Å². The second-order valence-corrected chi connectivity index (χ2v) is 6.82. The number of cyclic esters (lactones) is 1. The van der Waals surface area contributed by atoms with Crippen molar-refractivity contribution in [3.8, 4) is 0 Å². The number of aliphatic imine (C=N–C) groups is 1. The molecule has 0 N–H and O–H groups in total. The van der Waals surface area contributed by atoms with Gasteiger partial charge in [-0.25, -0.2) is 9.79 Å². The van der Waals surface area contributed by atoms with Gasteiger partial charge in [0.1, 0.15) is 9.21 Å². The highest BCUT2D eigenvalue weighted by Gasteiger charge is 2.51. The molecule has 0 aromatic carbocycles. The van der Waals surface area contributed by atoms with Crippen LogP contribution < -0.4 is 0 Å². The highest BCUT2D eigenvalue weighted by atomic mass is 79.9. The lowest BCUT2D eigenvalue weighted by molar-refractivity contribution is -0.141. The van der Waals surface area contributed by atoms with Gasteiger partial charge in [0.15, 0.2) is 5.54 Å². The molecule has 2 heterocycles. The number of esters is 1. The number of ether oxygens (including phenoxy) is 1. The van der Waals surface area contributed by atoms with Crippen molar-refractivity contribution in [2.24, 2.45) is 4.99 Å². The Bertz CT molecular complexity index is 551. The molecule has 0 bridgehead atoms. The van der Waals surface area contributed by atoms with Crippen LogP contribution in [0.4, 0.5) is 0 Å². The number of rotatable bonds is 1. The molecule has 1 aliphatic carbocycles. The third kappa shape index (κ3) is 1.67. The molecule has 3 rings (SSSR count). The summed E-state index contributed by atoms with van der Waals surface area (Å²) in [5.74, 6) is 0.0756. The van der Waals surface area contributed by atoms with Crippen molar-refractivity contribution >= 4 is 62.3 Å². The van der Waals surface area contributed by atoms with Gasteiger partial charge < -0.3 is 4.74 Å². The Morgan fingerprint density at radius 3 is 2.53 bits per heavy atom. The predicted octanol–water partition coefficient (Wildman–Crippen LogP) is 4.04. The summed E-state index contributed by atoms with van der Waals surface area (Å²) in [5, 5.41) is 0.431. The third-order valence-corrected chi connectivity index (χ3v) is 6.27. The van der Waals surface area contributed by atoms with E-state index in [1.165, 1.54) is 11.3 Å². The SMILES string of the molecule is O=C1OC(c2sc(Cl)c(Cl)c2Br)=NC12CCC2. The summed E-state index contributed by atoms with van der Waals surface area (Å²) < 4.78 is 6.32. The summed E-state index contributed by atoms with van der Waals surface area (Å²) in [5.41, 5.74) is -0.627. The fourth-order valence-corrected chi connectivity index (χ4v) is 4.06. The Morgan fingerprint density at radius 1 is 1.41 bits per heavy atom. The zero-order valence-electron chi connectivity index (χ0n) is 8.43. The molecule has 0 amide bonds. The van der Waals surface area contributed by atoms with Crippen molar-refractivity contribution in [1.82, 2.24) is 0 Å². The molecule has 1 saturated carbocycles. The van der Waals surface area contributed by atoms with Crippen LogP contribution >= 0.6 is 50.5 Å². The average Bonchev–Trinajstić information content (AvgIpc) is 2.71. The highest BCUT2D eigenvalue weighted by Crippen LogP contribution is 2.45. The van der Waals surface area contributed by atoms with Crippen LogP contribution in [-0.2, 0) is 9.53 Å². The van der Waals surface area contributed by atoms with Gasteiger partial charge >= 0.3 is 5.97 Å². The number of carbonyl (C=O) groups is 1. The molecule has 1 aromatic heterocycles. The van der Waals surface area contributed by atoms with E-state index in [-0.39, 0.29) is 5.97 Å². The Kier molecular flexibility index (Phi) is 2.78. The van der Waals surface area contributed by atoms with Crippen LogP contribution in [0.5, 0.6) is 0 Å². The van der Waals surface area contributed by atoms with E-state index in [4.69, 9.17) is 27.9 Å². The first kappa shape index (κ1) is 12.0. The van der Waals surface area contributed by atoms with Crippen LogP contribution in [-0.4, -0.2) is 17.4 Å². The van der Waals surface area contributed by atoms with Gasteiger partial charge in [-0.15, -0.1) is 11.3 Å². The largest absolute Gasteiger partial charge is 0.404 e. The molecule has 7 heteroatoms. The lowest BCUT2D eigenvalue weighted by Gasteiger charge is -2.30. The minimum absolute atomic E-state index is 0.258. The topological polar surface area (TPSA) is 38.7 Å². The van der Waals surface area contributed by atoms with E-state index < -0.39 is 5.54 Å². The Labute approximate surface area is 120 Å². The smallest absolute Gasteiger partial charge is 0.340 e. The van der Waals surface area contributed by atoms with Gasteiger partial charge in [0.05, 0.1) is 9.50 Å². The van der Waals surface area contributed by atoms with Crippen molar-refractivity contribution in [2.45, 2.75) is 24.8 Å². The summed E-state index contributed by atoms with van der Waals surface area (Å²) >= 11 is 16.5. The number of hydrogen-bond donors (Lipinski definition) is 0. The molecular weight excluding hydrogens is 349 g/mol. The van der Waals surface area contributed by atoms with E-state index in [9.17, 15) is 4.79 Å². The maximum atomic E-state index is 11.8. The molecule has 2 aliphatic rings. The minimum atomic E-state index is -0.627. The summed E-state index contributed by atoms with van der Waals surface area (Å²) in [6.45, 7) is 0. The van der Waals surface area contributed by atoms with Crippen molar-refractivity contribution in [2.75, 3.05) is 0 Å². The monoisotopic (exact) mass is 353 g/mol. The normalized spacial score (nSPS) is 21.4. The molecule has 17 heavy (non-hydrogen) atoms. The minimum Gasteiger partial charge on any atom is -0.404 e. The van der Waals surface area contributed by atoms with Gasteiger partial charge in [-0.2, -0.15) is 0 Å². The van der Waals surface area contributed by atoms with Crippen molar-refractivity contribution < 1.29 is 9.53 Å². The first-order valence-corrected chi connectivity index (χ1v) is 7.36. The average molecular weight is 355 g/mol. The summed E-state index contributed by atoms with van der Waals surface area (Å²) in [7, 11) is 0. The summed E-state index contributed by atoms with van der Waals surface area (Å²) in [4.78, 5) is 16.8. The Morgan fingerprint density at radius 2 is 2.12 bits per heavy atom. The number of nitrogens with zero attached hydrogens (tertiary/aromatic N) is 1. The van der Waals surface area contributed by atoms with Gasteiger partial charge in [0.25, 0.3) is 0 Å². The molecule has 0 unspecified atom stereocenters. The van der Waals surface area contributed by atoms with Gasteiger partial charge in [-0.05, 0) is 35.2 Å². The number of halogens is 3. The lowest BCUT2D eigenvalue weighted by Crippen LogP contribution is -2.40. The van der Waals surface area contributed by atoms with Crippen LogP contribution in [0.2, 0.25) is 9.36 Å². The van der Waals surface area contributed by atoms with E-state index in [2.05, 4.69) is 20.9 Å². The van der Waals surface area contributed by atoms with E-state index in [1.807, 2.05) is 0 Å². The van der Waals surface area contributed by atoms with Crippen LogP contribution in [0.25, 0.3) is 0 Å². The van der Waals surface area contributed by atoms with Crippen LogP contribution in [0.1, 0.15) is 24.1 Å². The first-order chi connectivity index (χ1) is 8.03. The fourth-order valence-electron chi connectivity index (χ4n) is 1.87. The molecule has 0 atom stereocenters. The zero-order chi connectivity index (χ0) is 12.2. The van der Waals surface area contributed by atoms with Gasteiger partial charge in [0, 0.05) is 0 Å². The Hall–Kier alpha value is -0.100. The molecule has 1 aliphatic heterocycles. The maximum absolute atomic E-state index is 11.8. The maximum Gasteiger partial charge on any atom is 0.340 e. The van der Waals surface area contributed by atoms with Crippen molar-refractivity contribution in [1.29, 1.82) is 0 Å². The number of thiophene rings is 1. The summed E-state index contributed by atoms with van der Waals surface area (Å²) in [6, 6.07) is 0. The zero-order valence-corrected chi connectivity index (χ0v) is 12.3. The quantitative estimate of drug-likeness (QED) is 0.714. The van der Waals surface area contributed by atoms with E-state index in [0.717, 1.165) is 19.3 Å². The molecule has 0 saturated heterocycles. The van der Waals surface area contributed by atoms with Gasteiger partial charge in [0.2, 0.25) is 5.90 Å². The van der Waals surface area contributed by atoms with Crippen LogP contribution in [0, 0.1) is 0 Å². The number of hydrogen-bond acceptors (Lipinski definition) is 4. The standard InChI is InChI=1S/C10H6BrCl2NO2S/c11-4-5(12)7(13)17-6(4)8-14-10(2-1-3-10)9(15)16-8/h1-3H2. The van der Waals surface area contributed by atoms with Gasteiger partial charge in [-0.1, -0.05) is 23.2 Å². The van der Waals surface area contributed by atoms with Crippen molar-refractivity contribution in [3.63, 3.8) is 0 Å². The molecular formula is C10H6BrCl2NO2S. The van der Waals surface area contributed by atoms with E-state index in [0.29, 0.717) is 24.6 Å². The van der Waals surface area contributed by atoms with E-state index in [1.54, 1.807) is 0 Å². The lowest BCUT2D eigenvalue weighted by atomic mass is 9.78. The molecule has 0 radical (unpaired) electrons. The van der Waals surface area contributed by atoms with Crippen LogP contribution in [0.15, 0.2) is 9.47 Å². The molecule has 3 nitrogen and oxygen atoms in total. The first-order valence-electron chi connectivity index (χ1n) is 4.99.